The summed E-state index contributed by atoms with van der Waals surface area (Å²) in [6.45, 7) is 3.78. The van der Waals surface area contributed by atoms with E-state index >= 15 is 0 Å². The van der Waals surface area contributed by atoms with Gasteiger partial charge in [-0.1, -0.05) is 5.16 Å². The first-order valence-corrected chi connectivity index (χ1v) is 5.98. The first kappa shape index (κ1) is 15.2. The van der Waals surface area contributed by atoms with Gasteiger partial charge in [0.05, 0.1) is 12.3 Å². The van der Waals surface area contributed by atoms with Crippen LogP contribution in [0.15, 0.2) is 4.52 Å². The van der Waals surface area contributed by atoms with Crippen molar-refractivity contribution >= 4 is 11.9 Å². The van der Waals surface area contributed by atoms with Gasteiger partial charge in [0.2, 0.25) is 5.91 Å². The van der Waals surface area contributed by atoms with Gasteiger partial charge in [0, 0.05) is 18.5 Å². The van der Waals surface area contributed by atoms with Gasteiger partial charge in [0.1, 0.15) is 12.4 Å². The fourth-order valence-corrected chi connectivity index (χ4v) is 1.61. The van der Waals surface area contributed by atoms with E-state index in [-0.39, 0.29) is 19.1 Å². The van der Waals surface area contributed by atoms with E-state index in [0.29, 0.717) is 19.4 Å². The van der Waals surface area contributed by atoms with E-state index in [9.17, 15) is 9.59 Å². The first-order valence-electron chi connectivity index (χ1n) is 5.98. The number of amides is 1. The average Bonchev–Trinajstić information content (AvgIpc) is 2.66. The third-order valence-electron chi connectivity index (χ3n) is 2.58. The van der Waals surface area contributed by atoms with E-state index in [1.54, 1.807) is 0 Å². The fraction of sp³-hybridized carbons (Fsp3) is 0.583. The minimum Gasteiger partial charge on any atom is -0.480 e. The maximum atomic E-state index is 11.5. The number of rotatable bonds is 8. The molecule has 1 aromatic rings. The molecule has 0 bridgehead atoms. The summed E-state index contributed by atoms with van der Waals surface area (Å²) in [6, 6.07) is 0. The predicted molar refractivity (Wildman–Crippen MR) is 65.8 cm³/mol. The molecule has 0 unspecified atom stereocenters. The largest absolute Gasteiger partial charge is 0.480 e. The summed E-state index contributed by atoms with van der Waals surface area (Å²) in [5, 5.41) is 14.8. The van der Waals surface area contributed by atoms with Gasteiger partial charge < -0.3 is 19.7 Å². The molecule has 0 radical (unpaired) electrons. The Kier molecular flexibility index (Phi) is 6.01. The number of hydrogen-bond acceptors (Lipinski definition) is 5. The second kappa shape index (κ2) is 7.52. The maximum Gasteiger partial charge on any atom is 0.329 e. The first-order chi connectivity index (χ1) is 9.00. The zero-order valence-electron chi connectivity index (χ0n) is 11.1. The molecule has 0 aliphatic heterocycles. The van der Waals surface area contributed by atoms with Gasteiger partial charge >= 0.3 is 5.97 Å². The molecule has 0 saturated heterocycles. The lowest BCUT2D eigenvalue weighted by Gasteiger charge is -2.05. The fourth-order valence-electron chi connectivity index (χ4n) is 1.61. The summed E-state index contributed by atoms with van der Waals surface area (Å²) in [5.74, 6) is -0.404. The molecule has 0 aliphatic rings. The highest BCUT2D eigenvalue weighted by atomic mass is 16.5. The van der Waals surface area contributed by atoms with Crippen molar-refractivity contribution in [1.29, 1.82) is 0 Å². The molecule has 0 aromatic carbocycles. The molecule has 1 amide bonds. The van der Waals surface area contributed by atoms with Crippen LogP contribution in [-0.2, 0) is 20.7 Å². The van der Waals surface area contributed by atoms with Gasteiger partial charge in [0.25, 0.3) is 0 Å². The van der Waals surface area contributed by atoms with Crippen LogP contribution in [0.3, 0.4) is 0 Å². The minimum atomic E-state index is -1.02. The number of nitrogens with one attached hydrogen (secondary N) is 1. The van der Waals surface area contributed by atoms with Crippen molar-refractivity contribution in [1.82, 2.24) is 10.5 Å². The van der Waals surface area contributed by atoms with Gasteiger partial charge in [-0.05, 0) is 20.3 Å². The molecule has 0 fully saturated rings. The Morgan fingerprint density at radius 3 is 2.74 bits per heavy atom. The molecule has 0 saturated carbocycles. The Bertz CT molecular complexity index is 422. The third kappa shape index (κ3) is 5.52. The highest BCUT2D eigenvalue weighted by Gasteiger charge is 2.10. The van der Waals surface area contributed by atoms with Crippen LogP contribution >= 0.6 is 0 Å². The van der Waals surface area contributed by atoms with Crippen LogP contribution < -0.4 is 5.32 Å². The topological polar surface area (TPSA) is 102 Å². The smallest absolute Gasteiger partial charge is 0.329 e. The number of nitrogens with zero attached hydrogens (tertiary/aromatic N) is 1. The molecule has 1 rings (SSSR count). The van der Waals surface area contributed by atoms with Crippen LogP contribution in [0.4, 0.5) is 0 Å². The van der Waals surface area contributed by atoms with Gasteiger partial charge in [0.15, 0.2) is 0 Å². The molecular formula is C12H18N2O5. The number of carbonyl (C=O) groups excluding carboxylic acids is 1. The monoisotopic (exact) mass is 270 g/mol. The van der Waals surface area contributed by atoms with Crippen molar-refractivity contribution in [2.45, 2.75) is 26.7 Å². The number of aromatic nitrogens is 1. The lowest BCUT2D eigenvalue weighted by molar-refractivity contribution is -0.142. The third-order valence-corrected chi connectivity index (χ3v) is 2.58. The number of carboxylic acids is 1. The van der Waals surface area contributed by atoms with Gasteiger partial charge in [-0.3, -0.25) is 4.79 Å². The van der Waals surface area contributed by atoms with Crippen molar-refractivity contribution < 1.29 is 24.0 Å². The summed E-state index contributed by atoms with van der Waals surface area (Å²) < 4.78 is 9.80. The van der Waals surface area contributed by atoms with E-state index in [1.807, 2.05) is 13.8 Å². The van der Waals surface area contributed by atoms with Crippen LogP contribution in [-0.4, -0.2) is 41.9 Å². The number of aryl methyl sites for hydroxylation is 2. The second-order valence-corrected chi connectivity index (χ2v) is 4.10. The second-order valence-electron chi connectivity index (χ2n) is 4.10. The van der Waals surface area contributed by atoms with Crippen LogP contribution in [0.1, 0.15) is 23.4 Å². The van der Waals surface area contributed by atoms with E-state index in [4.69, 9.17) is 14.4 Å². The summed E-state index contributed by atoms with van der Waals surface area (Å²) in [4.78, 5) is 21.7. The number of aliphatic carboxylic acids is 1. The minimum absolute atomic E-state index is 0.112. The van der Waals surface area contributed by atoms with E-state index < -0.39 is 5.97 Å². The summed E-state index contributed by atoms with van der Waals surface area (Å²) in [5.41, 5.74) is 1.76. The summed E-state index contributed by atoms with van der Waals surface area (Å²) >= 11 is 0. The summed E-state index contributed by atoms with van der Waals surface area (Å²) in [7, 11) is 0. The van der Waals surface area contributed by atoms with E-state index in [2.05, 4.69) is 10.5 Å². The molecule has 0 atom stereocenters. The molecule has 0 spiro atoms. The van der Waals surface area contributed by atoms with Gasteiger partial charge in [-0.25, -0.2) is 4.79 Å². The molecular weight excluding hydrogens is 252 g/mol. The van der Waals surface area contributed by atoms with Crippen molar-refractivity contribution in [3.8, 4) is 0 Å². The standard InChI is InChI=1S/C12H18N2O5/c1-8-10(9(2)19-14-8)3-4-11(15)13-5-6-18-7-12(16)17/h3-7H2,1-2H3,(H,13,15)(H,16,17). The SMILES string of the molecule is Cc1noc(C)c1CCC(=O)NCCOCC(=O)O. The Morgan fingerprint density at radius 2 is 2.16 bits per heavy atom. The molecule has 106 valence electrons. The van der Waals surface area contributed by atoms with Crippen LogP contribution in [0.25, 0.3) is 0 Å². The highest BCUT2D eigenvalue weighted by molar-refractivity contribution is 5.76. The molecule has 7 heteroatoms. The maximum absolute atomic E-state index is 11.5. The van der Waals surface area contributed by atoms with Crippen molar-refractivity contribution in [3.05, 3.63) is 17.0 Å². The highest BCUT2D eigenvalue weighted by Crippen LogP contribution is 2.13. The van der Waals surface area contributed by atoms with E-state index in [0.717, 1.165) is 17.0 Å². The zero-order chi connectivity index (χ0) is 14.3. The number of ether oxygens (including phenoxy) is 1. The van der Waals surface area contributed by atoms with Crippen LogP contribution in [0.5, 0.6) is 0 Å². The lowest BCUT2D eigenvalue weighted by Crippen LogP contribution is -2.28. The van der Waals surface area contributed by atoms with Crippen molar-refractivity contribution in [3.63, 3.8) is 0 Å². The lowest BCUT2D eigenvalue weighted by atomic mass is 10.1. The Morgan fingerprint density at radius 1 is 1.42 bits per heavy atom. The number of hydrogen-bond donors (Lipinski definition) is 2. The normalized spacial score (nSPS) is 10.4. The Labute approximate surface area is 110 Å². The van der Waals surface area contributed by atoms with Gasteiger partial charge in [-0.15, -0.1) is 0 Å². The predicted octanol–water partition coefficient (Wildman–Crippen LogP) is 0.441. The van der Waals surface area contributed by atoms with Crippen LogP contribution in [0.2, 0.25) is 0 Å². The Balaban J connectivity index is 2.16. The van der Waals surface area contributed by atoms with Gasteiger partial charge in [-0.2, -0.15) is 0 Å². The van der Waals surface area contributed by atoms with Crippen molar-refractivity contribution in [2.24, 2.45) is 0 Å². The molecule has 1 aromatic heterocycles. The average molecular weight is 270 g/mol. The number of carbonyl (C=O) groups is 2. The summed E-state index contributed by atoms with van der Waals surface area (Å²) in [6.07, 6.45) is 0.908. The van der Waals surface area contributed by atoms with Crippen LogP contribution in [0, 0.1) is 13.8 Å². The molecule has 7 nitrogen and oxygen atoms in total. The molecule has 2 N–H and O–H groups in total. The quantitative estimate of drug-likeness (QED) is 0.665. The zero-order valence-corrected chi connectivity index (χ0v) is 11.1. The van der Waals surface area contributed by atoms with Crippen molar-refractivity contribution in [2.75, 3.05) is 19.8 Å². The molecule has 19 heavy (non-hydrogen) atoms. The number of carboxylic acid groups (broad SMARTS) is 1. The Hall–Kier alpha value is -1.89. The van der Waals surface area contributed by atoms with E-state index in [1.165, 1.54) is 0 Å². The molecule has 1 heterocycles. The molecule has 0 aliphatic carbocycles.